The predicted molar refractivity (Wildman–Crippen MR) is 95.6 cm³/mol. The fourth-order valence-corrected chi connectivity index (χ4v) is 3.25. The highest BCUT2D eigenvalue weighted by atomic mass is 16.4. The summed E-state index contributed by atoms with van der Waals surface area (Å²) in [7, 11) is 0. The van der Waals surface area contributed by atoms with Gasteiger partial charge >= 0.3 is 5.97 Å². The molecule has 0 spiro atoms. The van der Waals surface area contributed by atoms with Crippen LogP contribution in [0.15, 0.2) is 42.5 Å². The number of nitrogens with zero attached hydrogens (tertiary/aromatic N) is 1. The van der Waals surface area contributed by atoms with Gasteiger partial charge in [-0.3, -0.25) is 4.79 Å². The van der Waals surface area contributed by atoms with E-state index < -0.39 is 11.8 Å². The molecule has 1 saturated heterocycles. The molecule has 5 heteroatoms. The van der Waals surface area contributed by atoms with E-state index in [1.54, 1.807) is 24.3 Å². The van der Waals surface area contributed by atoms with E-state index >= 15 is 0 Å². The molecule has 0 atom stereocenters. The average molecular weight is 339 g/mol. The number of phenolic OH excluding ortho intramolecular Hbond substituents is 1. The molecule has 3 rings (SSSR count). The lowest BCUT2D eigenvalue weighted by atomic mass is 9.97. The molecule has 0 aliphatic carbocycles. The van der Waals surface area contributed by atoms with Crippen molar-refractivity contribution in [1.29, 1.82) is 0 Å². The number of carboxylic acids is 1. The van der Waals surface area contributed by atoms with Crippen molar-refractivity contribution in [2.24, 2.45) is 0 Å². The van der Waals surface area contributed by atoms with Crippen molar-refractivity contribution in [1.82, 2.24) is 0 Å². The quantitative estimate of drug-likeness (QED) is 0.831. The van der Waals surface area contributed by atoms with Gasteiger partial charge in [0, 0.05) is 30.4 Å². The summed E-state index contributed by atoms with van der Waals surface area (Å²) in [5.41, 5.74) is 1.02. The van der Waals surface area contributed by atoms with Gasteiger partial charge in [0.05, 0.1) is 11.1 Å². The van der Waals surface area contributed by atoms with Crippen molar-refractivity contribution < 1.29 is 19.8 Å². The molecule has 2 aromatic carbocycles. The third kappa shape index (κ3) is 3.65. The molecule has 0 aromatic heterocycles. The van der Waals surface area contributed by atoms with Crippen molar-refractivity contribution in [3.05, 3.63) is 59.2 Å². The van der Waals surface area contributed by atoms with Crippen molar-refractivity contribution in [2.75, 3.05) is 18.0 Å². The smallest absolute Gasteiger partial charge is 0.336 e. The van der Waals surface area contributed by atoms with Crippen LogP contribution in [0.5, 0.6) is 5.75 Å². The molecule has 1 fully saturated rings. The first kappa shape index (κ1) is 17.0. The maximum atomic E-state index is 12.7. The second-order valence-corrected chi connectivity index (χ2v) is 6.28. The first-order valence-electron chi connectivity index (χ1n) is 8.53. The summed E-state index contributed by atoms with van der Waals surface area (Å²) < 4.78 is 0. The average Bonchev–Trinajstić information content (AvgIpc) is 2.90. The number of aromatic hydroxyl groups is 1. The van der Waals surface area contributed by atoms with Crippen molar-refractivity contribution in [3.63, 3.8) is 0 Å². The molecule has 1 aliphatic heterocycles. The largest absolute Gasteiger partial charge is 0.507 e. The van der Waals surface area contributed by atoms with E-state index in [0.717, 1.165) is 31.6 Å². The maximum Gasteiger partial charge on any atom is 0.336 e. The van der Waals surface area contributed by atoms with Crippen molar-refractivity contribution >= 4 is 17.4 Å². The molecule has 0 bridgehead atoms. The summed E-state index contributed by atoms with van der Waals surface area (Å²) in [5.74, 6) is -1.77. The van der Waals surface area contributed by atoms with Crippen LogP contribution < -0.4 is 4.90 Å². The Hall–Kier alpha value is -2.82. The monoisotopic (exact) mass is 339 g/mol. The van der Waals surface area contributed by atoms with Crippen LogP contribution in [0.2, 0.25) is 0 Å². The van der Waals surface area contributed by atoms with Gasteiger partial charge in [0.15, 0.2) is 5.78 Å². The fraction of sp³-hybridized carbons (Fsp3) is 0.300. The van der Waals surface area contributed by atoms with Crippen LogP contribution in [0.1, 0.15) is 52.0 Å². The second kappa shape index (κ2) is 7.38. The fourth-order valence-electron chi connectivity index (χ4n) is 3.25. The molecular formula is C20H21NO4. The molecule has 130 valence electrons. The zero-order chi connectivity index (χ0) is 17.8. The third-order valence-corrected chi connectivity index (χ3v) is 4.60. The molecule has 0 saturated carbocycles. The summed E-state index contributed by atoms with van der Waals surface area (Å²) >= 11 is 0. The molecule has 0 amide bonds. The van der Waals surface area contributed by atoms with Crippen LogP contribution in [-0.4, -0.2) is 35.1 Å². The molecule has 0 radical (unpaired) electrons. The minimum absolute atomic E-state index is 0.0662. The first-order chi connectivity index (χ1) is 12.1. The molecular weight excluding hydrogens is 318 g/mol. The highest BCUT2D eigenvalue weighted by Gasteiger charge is 2.21. The van der Waals surface area contributed by atoms with Gasteiger partial charge in [-0.2, -0.15) is 0 Å². The second-order valence-electron chi connectivity index (χ2n) is 6.28. The van der Waals surface area contributed by atoms with Crippen molar-refractivity contribution in [2.45, 2.75) is 25.7 Å². The number of carboxylic acid groups (broad SMARTS) is 1. The minimum atomic E-state index is -1.16. The van der Waals surface area contributed by atoms with Gasteiger partial charge in [0.25, 0.3) is 0 Å². The number of phenols is 1. The number of aromatic carboxylic acids is 1. The molecule has 1 heterocycles. The SMILES string of the molecule is O=C(O)c1ccccc1C(=O)c1ccc(N2CCCCCC2)cc1O. The van der Waals surface area contributed by atoms with Gasteiger partial charge in [-0.25, -0.2) is 4.79 Å². The van der Waals surface area contributed by atoms with Crippen LogP contribution in [-0.2, 0) is 0 Å². The third-order valence-electron chi connectivity index (χ3n) is 4.60. The lowest BCUT2D eigenvalue weighted by molar-refractivity contribution is 0.0692. The van der Waals surface area contributed by atoms with Crippen LogP contribution in [0.3, 0.4) is 0 Å². The Morgan fingerprint density at radius 2 is 1.48 bits per heavy atom. The van der Waals surface area contributed by atoms with Gasteiger partial charge in [0.2, 0.25) is 0 Å². The number of anilines is 1. The summed E-state index contributed by atoms with van der Waals surface area (Å²) in [6.45, 7) is 1.88. The summed E-state index contributed by atoms with van der Waals surface area (Å²) in [5, 5.41) is 19.6. The van der Waals surface area contributed by atoms with Crippen LogP contribution in [0.25, 0.3) is 0 Å². The van der Waals surface area contributed by atoms with E-state index in [1.807, 2.05) is 6.07 Å². The van der Waals surface area contributed by atoms with E-state index in [2.05, 4.69) is 4.90 Å². The van der Waals surface area contributed by atoms with Crippen LogP contribution >= 0.6 is 0 Å². The maximum absolute atomic E-state index is 12.7. The molecule has 2 N–H and O–H groups in total. The number of hydrogen-bond donors (Lipinski definition) is 2. The van der Waals surface area contributed by atoms with Gasteiger partial charge < -0.3 is 15.1 Å². The zero-order valence-corrected chi connectivity index (χ0v) is 13.9. The number of ketones is 1. The van der Waals surface area contributed by atoms with Gasteiger partial charge in [-0.1, -0.05) is 31.0 Å². The lowest BCUT2D eigenvalue weighted by Crippen LogP contribution is -2.23. The first-order valence-corrected chi connectivity index (χ1v) is 8.53. The summed E-state index contributed by atoms with van der Waals surface area (Å²) in [6, 6.07) is 11.0. The Labute approximate surface area is 146 Å². The Balaban J connectivity index is 1.91. The van der Waals surface area contributed by atoms with Crippen LogP contribution in [0.4, 0.5) is 5.69 Å². The number of hydrogen-bond acceptors (Lipinski definition) is 4. The van der Waals surface area contributed by atoms with Crippen molar-refractivity contribution in [3.8, 4) is 5.75 Å². The molecule has 2 aromatic rings. The molecule has 0 unspecified atom stereocenters. The Morgan fingerprint density at radius 3 is 2.08 bits per heavy atom. The highest BCUT2D eigenvalue weighted by Crippen LogP contribution is 2.29. The van der Waals surface area contributed by atoms with E-state index in [0.29, 0.717) is 0 Å². The molecule has 25 heavy (non-hydrogen) atoms. The minimum Gasteiger partial charge on any atom is -0.507 e. The van der Waals surface area contributed by atoms with Gasteiger partial charge in [0.1, 0.15) is 5.75 Å². The topological polar surface area (TPSA) is 77.8 Å². The zero-order valence-electron chi connectivity index (χ0n) is 13.9. The van der Waals surface area contributed by atoms with E-state index in [1.165, 1.54) is 25.0 Å². The number of benzene rings is 2. The Kier molecular flexibility index (Phi) is 5.03. The van der Waals surface area contributed by atoms with Crippen LogP contribution in [0, 0.1) is 0 Å². The predicted octanol–water partition coefficient (Wildman–Crippen LogP) is 3.70. The van der Waals surface area contributed by atoms with E-state index in [9.17, 15) is 19.8 Å². The summed E-state index contributed by atoms with van der Waals surface area (Å²) in [4.78, 5) is 26.2. The standard InChI is InChI=1S/C20H21NO4/c22-18-13-14(21-11-5-1-2-6-12-21)9-10-17(18)19(23)15-7-3-4-8-16(15)20(24)25/h3-4,7-10,13,22H,1-2,5-6,11-12H2,(H,24,25). The number of carbonyl (C=O) groups is 2. The number of rotatable bonds is 4. The van der Waals surface area contributed by atoms with Gasteiger partial charge in [-0.15, -0.1) is 0 Å². The van der Waals surface area contributed by atoms with E-state index in [4.69, 9.17) is 0 Å². The highest BCUT2D eigenvalue weighted by molar-refractivity contribution is 6.15. The Bertz CT molecular complexity index is 792. The molecule has 1 aliphatic rings. The number of carbonyl (C=O) groups excluding carboxylic acids is 1. The summed E-state index contributed by atoms with van der Waals surface area (Å²) in [6.07, 6.45) is 4.66. The van der Waals surface area contributed by atoms with E-state index in [-0.39, 0.29) is 22.4 Å². The normalized spacial score (nSPS) is 14.8. The lowest BCUT2D eigenvalue weighted by Gasteiger charge is -2.23. The Morgan fingerprint density at radius 1 is 0.840 bits per heavy atom. The molecule has 5 nitrogen and oxygen atoms in total. The van der Waals surface area contributed by atoms with Gasteiger partial charge in [-0.05, 0) is 31.0 Å².